The van der Waals surface area contributed by atoms with Crippen LogP contribution in [0.5, 0.6) is 0 Å². The van der Waals surface area contributed by atoms with E-state index in [0.29, 0.717) is 11.2 Å². The van der Waals surface area contributed by atoms with Crippen molar-refractivity contribution >= 4 is 81.8 Å². The second-order valence-corrected chi connectivity index (χ2v) is 12.8. The van der Waals surface area contributed by atoms with Crippen LogP contribution in [0.1, 0.15) is 0 Å². The summed E-state index contributed by atoms with van der Waals surface area (Å²) in [5.41, 5.74) is 6.51. The van der Waals surface area contributed by atoms with Gasteiger partial charge in [0.1, 0.15) is 0 Å². The highest BCUT2D eigenvalue weighted by molar-refractivity contribution is 6.25. The molecule has 5 nitrogen and oxygen atoms in total. The summed E-state index contributed by atoms with van der Waals surface area (Å²) < 4.78 is 6.22. The van der Waals surface area contributed by atoms with Crippen LogP contribution in [0.3, 0.4) is 0 Å². The SMILES string of the molecule is O=c1c2ccccc2n(-c2ccccc2)c2nc3cc4c(cc3n12)c1ccccc1n4-c1ccc2c3ccccc3c3ccccc3c2c1. The molecule has 0 bridgehead atoms. The maximum Gasteiger partial charge on any atom is 0.267 e. The van der Waals surface area contributed by atoms with Crippen molar-refractivity contribution in [2.45, 2.75) is 0 Å². The van der Waals surface area contributed by atoms with Crippen LogP contribution in [-0.2, 0) is 0 Å². The third kappa shape index (κ3) is 3.53. The molecule has 0 fully saturated rings. The van der Waals surface area contributed by atoms with Gasteiger partial charge in [0, 0.05) is 22.1 Å². The molecule has 3 heterocycles. The van der Waals surface area contributed by atoms with Crippen molar-refractivity contribution in [3.05, 3.63) is 168 Å². The zero-order chi connectivity index (χ0) is 32.2. The lowest BCUT2D eigenvalue weighted by Gasteiger charge is -2.13. The van der Waals surface area contributed by atoms with Crippen molar-refractivity contribution in [2.75, 3.05) is 0 Å². The Balaban J connectivity index is 1.27. The largest absolute Gasteiger partial charge is 0.309 e. The molecule has 0 unspecified atom stereocenters. The Kier molecular flexibility index (Phi) is 5.19. The summed E-state index contributed by atoms with van der Waals surface area (Å²) in [6.07, 6.45) is 0. The average molecular weight is 627 g/mol. The van der Waals surface area contributed by atoms with E-state index in [9.17, 15) is 4.79 Å². The van der Waals surface area contributed by atoms with E-state index in [1.165, 1.54) is 32.3 Å². The molecule has 0 N–H and O–H groups in total. The predicted octanol–water partition coefficient (Wildman–Crippen LogP) is 10.3. The first-order valence-electron chi connectivity index (χ1n) is 16.5. The van der Waals surface area contributed by atoms with E-state index in [-0.39, 0.29) is 5.56 Å². The van der Waals surface area contributed by atoms with Crippen LogP contribution in [0.4, 0.5) is 0 Å². The average Bonchev–Trinajstić information content (AvgIpc) is 3.69. The van der Waals surface area contributed by atoms with Crippen molar-refractivity contribution in [2.24, 2.45) is 0 Å². The number of aromatic nitrogens is 4. The number of para-hydroxylation sites is 3. The van der Waals surface area contributed by atoms with Crippen molar-refractivity contribution in [3.8, 4) is 11.4 Å². The fourth-order valence-corrected chi connectivity index (χ4v) is 8.10. The van der Waals surface area contributed by atoms with Gasteiger partial charge in [-0.05, 0) is 86.9 Å². The van der Waals surface area contributed by atoms with E-state index in [1.54, 1.807) is 4.40 Å². The lowest BCUT2D eigenvalue weighted by Crippen LogP contribution is -2.18. The van der Waals surface area contributed by atoms with Gasteiger partial charge in [-0.3, -0.25) is 9.36 Å². The first-order chi connectivity index (χ1) is 24.2. The van der Waals surface area contributed by atoms with E-state index in [0.717, 1.165) is 49.7 Å². The highest BCUT2D eigenvalue weighted by Crippen LogP contribution is 2.39. The normalized spacial score (nSPS) is 12.2. The molecule has 0 radical (unpaired) electrons. The summed E-state index contributed by atoms with van der Waals surface area (Å²) in [4.78, 5) is 19.4. The Bertz CT molecular complexity index is 3200. The molecule has 228 valence electrons. The Hall–Kier alpha value is -6.72. The molecule has 11 rings (SSSR count). The third-order valence-corrected chi connectivity index (χ3v) is 10.2. The fourth-order valence-electron chi connectivity index (χ4n) is 8.10. The van der Waals surface area contributed by atoms with Crippen LogP contribution in [0, 0.1) is 0 Å². The minimum atomic E-state index is -0.0722. The second kappa shape index (κ2) is 9.66. The maximum atomic E-state index is 14.2. The molecular weight excluding hydrogens is 601 g/mol. The number of hydrogen-bond donors (Lipinski definition) is 0. The number of hydrogen-bond acceptors (Lipinski definition) is 2. The van der Waals surface area contributed by atoms with Gasteiger partial charge in [0.05, 0.1) is 33.0 Å². The molecule has 11 aromatic rings. The van der Waals surface area contributed by atoms with Gasteiger partial charge in [-0.2, -0.15) is 0 Å². The molecule has 49 heavy (non-hydrogen) atoms. The molecule has 3 aromatic heterocycles. The smallest absolute Gasteiger partial charge is 0.267 e. The summed E-state index contributed by atoms with van der Waals surface area (Å²) >= 11 is 0. The monoisotopic (exact) mass is 626 g/mol. The van der Waals surface area contributed by atoms with Crippen molar-refractivity contribution in [1.29, 1.82) is 0 Å². The van der Waals surface area contributed by atoms with E-state index in [4.69, 9.17) is 4.98 Å². The van der Waals surface area contributed by atoms with Gasteiger partial charge in [0.2, 0.25) is 5.78 Å². The highest BCUT2D eigenvalue weighted by Gasteiger charge is 2.20. The number of benzene rings is 8. The molecule has 0 atom stereocenters. The number of rotatable bonds is 2. The molecule has 0 aliphatic rings. The third-order valence-electron chi connectivity index (χ3n) is 10.2. The van der Waals surface area contributed by atoms with Crippen LogP contribution in [0.2, 0.25) is 0 Å². The minimum Gasteiger partial charge on any atom is -0.309 e. The van der Waals surface area contributed by atoms with Crippen LogP contribution in [0.25, 0.3) is 93.2 Å². The van der Waals surface area contributed by atoms with Gasteiger partial charge in [-0.25, -0.2) is 9.38 Å². The first-order valence-corrected chi connectivity index (χ1v) is 16.5. The molecule has 8 aromatic carbocycles. The van der Waals surface area contributed by atoms with Gasteiger partial charge in [0.25, 0.3) is 5.56 Å². The van der Waals surface area contributed by atoms with Gasteiger partial charge in [0.15, 0.2) is 0 Å². The Morgan fingerprint density at radius 3 is 1.61 bits per heavy atom. The van der Waals surface area contributed by atoms with Crippen molar-refractivity contribution < 1.29 is 0 Å². The van der Waals surface area contributed by atoms with Crippen molar-refractivity contribution in [1.82, 2.24) is 18.5 Å². The molecule has 0 spiro atoms. The Labute approximate surface area is 279 Å². The van der Waals surface area contributed by atoms with E-state index in [2.05, 4.69) is 124 Å². The summed E-state index contributed by atoms with van der Waals surface area (Å²) in [5, 5.41) is 10.3. The summed E-state index contributed by atoms with van der Waals surface area (Å²) in [7, 11) is 0. The van der Waals surface area contributed by atoms with Crippen molar-refractivity contribution in [3.63, 3.8) is 0 Å². The zero-order valence-electron chi connectivity index (χ0n) is 26.2. The van der Waals surface area contributed by atoms with E-state index in [1.807, 2.05) is 42.5 Å². The van der Waals surface area contributed by atoms with Crippen LogP contribution in [0.15, 0.2) is 163 Å². The summed E-state index contributed by atoms with van der Waals surface area (Å²) in [6, 6.07) is 55.0. The Morgan fingerprint density at radius 2 is 0.918 bits per heavy atom. The van der Waals surface area contributed by atoms with Crippen LogP contribution in [-0.4, -0.2) is 18.5 Å². The van der Waals surface area contributed by atoms with Gasteiger partial charge in [-0.1, -0.05) is 103 Å². The topological polar surface area (TPSA) is 44.2 Å². The van der Waals surface area contributed by atoms with Gasteiger partial charge in [-0.15, -0.1) is 0 Å². The standard InChI is InChI=1S/C44H26N4O/c49-43-35-19-9-11-21-40(35)47(27-12-2-1-3-13-27)44-45-38-26-41-37(25-42(38)48(43)44)34-18-8-10-20-39(34)46(41)28-22-23-33-31-16-5-4-14-29(31)30-15-6-7-17-32(30)36(33)24-28/h1-26H. The maximum absolute atomic E-state index is 14.2. The number of imidazole rings is 1. The first kappa shape index (κ1) is 26.4. The summed E-state index contributed by atoms with van der Waals surface area (Å²) in [5.74, 6) is 0.595. The van der Waals surface area contributed by atoms with E-state index < -0.39 is 0 Å². The van der Waals surface area contributed by atoms with E-state index >= 15 is 0 Å². The molecule has 0 aliphatic carbocycles. The lowest BCUT2D eigenvalue weighted by atomic mass is 9.94. The van der Waals surface area contributed by atoms with Crippen LogP contribution >= 0.6 is 0 Å². The highest BCUT2D eigenvalue weighted by atomic mass is 16.1. The van der Waals surface area contributed by atoms with Gasteiger partial charge >= 0.3 is 0 Å². The number of nitrogens with zero attached hydrogens (tertiary/aromatic N) is 4. The molecule has 0 aliphatic heterocycles. The molecule has 5 heteroatoms. The second-order valence-electron chi connectivity index (χ2n) is 12.8. The zero-order valence-corrected chi connectivity index (χ0v) is 26.2. The summed E-state index contributed by atoms with van der Waals surface area (Å²) in [6.45, 7) is 0. The lowest BCUT2D eigenvalue weighted by molar-refractivity contribution is 1.02. The predicted molar refractivity (Wildman–Crippen MR) is 203 cm³/mol. The fraction of sp³-hybridized carbons (Fsp3) is 0. The number of fused-ring (bicyclic) bond motifs is 13. The molecule has 0 amide bonds. The van der Waals surface area contributed by atoms with Crippen LogP contribution < -0.4 is 5.56 Å². The molecule has 0 saturated heterocycles. The molecular formula is C44H26N4O. The minimum absolute atomic E-state index is 0.0722. The molecule has 0 saturated carbocycles. The quantitative estimate of drug-likeness (QED) is 0.179. The van der Waals surface area contributed by atoms with Gasteiger partial charge < -0.3 is 4.57 Å². The Morgan fingerprint density at radius 1 is 0.367 bits per heavy atom.